The van der Waals surface area contributed by atoms with Crippen molar-refractivity contribution in [3.05, 3.63) is 42.0 Å². The van der Waals surface area contributed by atoms with E-state index in [1.165, 1.54) is 28.6 Å². The fourth-order valence-electron chi connectivity index (χ4n) is 3.23. The fraction of sp³-hybridized carbons (Fsp3) is 0.444. The van der Waals surface area contributed by atoms with Gasteiger partial charge in [-0.15, -0.1) is 0 Å². The SMILES string of the molecule is O=C(C[C@H]1C=CCC1)NNC(=O)c1cccc(S(=O)(=O)N2CCCC2)c1. The molecule has 1 aliphatic heterocycles. The second-order valence-electron chi connectivity index (χ2n) is 6.61. The van der Waals surface area contributed by atoms with Crippen LogP contribution < -0.4 is 10.9 Å². The van der Waals surface area contributed by atoms with Crippen LogP contribution in [0.4, 0.5) is 0 Å². The lowest BCUT2D eigenvalue weighted by atomic mass is 10.1. The maximum Gasteiger partial charge on any atom is 0.269 e. The predicted molar refractivity (Wildman–Crippen MR) is 96.5 cm³/mol. The van der Waals surface area contributed by atoms with Crippen LogP contribution in [0.1, 0.15) is 42.5 Å². The molecule has 1 aromatic rings. The van der Waals surface area contributed by atoms with Crippen molar-refractivity contribution >= 4 is 21.8 Å². The van der Waals surface area contributed by atoms with Gasteiger partial charge in [-0.3, -0.25) is 20.4 Å². The number of hydrogen-bond donors (Lipinski definition) is 2. The van der Waals surface area contributed by atoms with E-state index in [9.17, 15) is 18.0 Å². The van der Waals surface area contributed by atoms with E-state index < -0.39 is 15.9 Å². The molecule has 1 saturated heterocycles. The first-order chi connectivity index (χ1) is 12.5. The molecule has 1 aliphatic carbocycles. The highest BCUT2D eigenvalue weighted by molar-refractivity contribution is 7.89. The molecule has 2 aliphatic rings. The van der Waals surface area contributed by atoms with E-state index in [-0.39, 0.29) is 22.3 Å². The molecular weight excluding hydrogens is 354 g/mol. The number of carbonyl (C=O) groups excluding carboxylic acids is 2. The minimum absolute atomic E-state index is 0.0921. The summed E-state index contributed by atoms with van der Waals surface area (Å²) in [6.45, 7) is 1.01. The number of amides is 2. The van der Waals surface area contributed by atoms with Crippen LogP contribution >= 0.6 is 0 Å². The van der Waals surface area contributed by atoms with Gasteiger partial charge in [0.25, 0.3) is 5.91 Å². The summed E-state index contributed by atoms with van der Waals surface area (Å²) < 4.78 is 26.6. The molecule has 0 aromatic heterocycles. The summed E-state index contributed by atoms with van der Waals surface area (Å²) in [5.41, 5.74) is 4.93. The van der Waals surface area contributed by atoms with Crippen molar-refractivity contribution < 1.29 is 18.0 Å². The third-order valence-corrected chi connectivity index (χ3v) is 6.57. The standard InChI is InChI=1S/C18H23N3O4S/c22-17(12-14-6-1-2-7-14)19-20-18(23)15-8-5-9-16(13-15)26(24,25)21-10-3-4-11-21/h1,5-6,8-9,13-14H,2-4,7,10-12H2,(H,19,22)(H,20,23)/t14-/m0/s1. The van der Waals surface area contributed by atoms with Crippen molar-refractivity contribution in [1.29, 1.82) is 0 Å². The van der Waals surface area contributed by atoms with Gasteiger partial charge in [0.1, 0.15) is 0 Å². The molecule has 1 aromatic carbocycles. The third-order valence-electron chi connectivity index (χ3n) is 4.67. The molecule has 7 nitrogen and oxygen atoms in total. The number of allylic oxidation sites excluding steroid dienone is 2. The predicted octanol–water partition coefficient (Wildman–Crippen LogP) is 1.59. The Kier molecular flexibility index (Phi) is 5.73. The van der Waals surface area contributed by atoms with Crippen molar-refractivity contribution in [2.45, 2.75) is 37.0 Å². The minimum Gasteiger partial charge on any atom is -0.273 e. The van der Waals surface area contributed by atoms with Crippen molar-refractivity contribution in [2.75, 3.05) is 13.1 Å². The summed E-state index contributed by atoms with van der Waals surface area (Å²) in [6, 6.07) is 5.87. The van der Waals surface area contributed by atoms with Crippen molar-refractivity contribution in [3.8, 4) is 0 Å². The molecule has 8 heteroatoms. The highest BCUT2D eigenvalue weighted by atomic mass is 32.2. The molecule has 26 heavy (non-hydrogen) atoms. The number of hydrogen-bond acceptors (Lipinski definition) is 4. The number of hydrazine groups is 1. The van der Waals surface area contributed by atoms with Gasteiger partial charge in [-0.2, -0.15) is 4.31 Å². The van der Waals surface area contributed by atoms with Crippen LogP contribution in [0.2, 0.25) is 0 Å². The maximum atomic E-state index is 12.6. The lowest BCUT2D eigenvalue weighted by Crippen LogP contribution is -2.42. The topological polar surface area (TPSA) is 95.6 Å². The highest BCUT2D eigenvalue weighted by Gasteiger charge is 2.27. The number of nitrogens with one attached hydrogen (secondary N) is 2. The number of benzene rings is 1. The van der Waals surface area contributed by atoms with Crippen molar-refractivity contribution in [3.63, 3.8) is 0 Å². The Morgan fingerprint density at radius 2 is 1.92 bits per heavy atom. The average Bonchev–Trinajstić information content (AvgIpc) is 3.34. The van der Waals surface area contributed by atoms with Crippen LogP contribution in [-0.4, -0.2) is 37.6 Å². The summed E-state index contributed by atoms with van der Waals surface area (Å²) in [5, 5.41) is 0. The van der Waals surface area contributed by atoms with Crippen LogP contribution in [0.3, 0.4) is 0 Å². The van der Waals surface area contributed by atoms with Gasteiger partial charge in [0.2, 0.25) is 15.9 Å². The molecule has 1 atom stereocenters. The fourth-order valence-corrected chi connectivity index (χ4v) is 4.79. The van der Waals surface area contributed by atoms with Crippen LogP contribution in [-0.2, 0) is 14.8 Å². The zero-order valence-corrected chi connectivity index (χ0v) is 15.3. The zero-order valence-electron chi connectivity index (χ0n) is 14.5. The first-order valence-electron chi connectivity index (χ1n) is 8.83. The van der Waals surface area contributed by atoms with Gasteiger partial charge in [-0.1, -0.05) is 18.2 Å². The third kappa shape index (κ3) is 4.31. The zero-order chi connectivity index (χ0) is 18.6. The quantitative estimate of drug-likeness (QED) is 0.602. The largest absolute Gasteiger partial charge is 0.273 e. The van der Waals surface area contributed by atoms with E-state index in [1.54, 1.807) is 0 Å². The van der Waals surface area contributed by atoms with Crippen molar-refractivity contribution in [1.82, 2.24) is 15.2 Å². The first kappa shape index (κ1) is 18.6. The van der Waals surface area contributed by atoms with Crippen LogP contribution in [0.15, 0.2) is 41.3 Å². The number of carbonyl (C=O) groups is 2. The molecule has 0 radical (unpaired) electrons. The Morgan fingerprint density at radius 1 is 1.15 bits per heavy atom. The Morgan fingerprint density at radius 3 is 2.62 bits per heavy atom. The number of nitrogens with zero attached hydrogens (tertiary/aromatic N) is 1. The van der Waals surface area contributed by atoms with Gasteiger partial charge in [-0.25, -0.2) is 8.42 Å². The van der Waals surface area contributed by atoms with E-state index in [0.717, 1.165) is 25.7 Å². The Bertz CT molecular complexity index is 813. The molecule has 1 fully saturated rings. The molecule has 0 spiro atoms. The van der Waals surface area contributed by atoms with E-state index >= 15 is 0 Å². The van der Waals surface area contributed by atoms with Gasteiger partial charge in [0, 0.05) is 25.1 Å². The maximum absolute atomic E-state index is 12.6. The smallest absolute Gasteiger partial charge is 0.269 e. The van der Waals surface area contributed by atoms with Gasteiger partial charge >= 0.3 is 0 Å². The molecule has 0 saturated carbocycles. The monoisotopic (exact) mass is 377 g/mol. The Labute approximate surface area is 153 Å². The molecule has 3 rings (SSSR count). The normalized spacial score (nSPS) is 20.2. The Hall–Kier alpha value is -2.19. The van der Waals surface area contributed by atoms with E-state index in [0.29, 0.717) is 19.5 Å². The van der Waals surface area contributed by atoms with Crippen LogP contribution in [0, 0.1) is 5.92 Å². The summed E-state index contributed by atoms with van der Waals surface area (Å²) in [4.78, 5) is 24.2. The molecule has 0 unspecified atom stereocenters. The lowest BCUT2D eigenvalue weighted by molar-refractivity contribution is -0.122. The minimum atomic E-state index is -3.58. The van der Waals surface area contributed by atoms with E-state index in [2.05, 4.69) is 10.9 Å². The van der Waals surface area contributed by atoms with Gasteiger partial charge in [0.15, 0.2) is 0 Å². The van der Waals surface area contributed by atoms with E-state index in [1.807, 2.05) is 12.2 Å². The molecule has 0 bridgehead atoms. The highest BCUT2D eigenvalue weighted by Crippen LogP contribution is 2.22. The molecule has 2 amide bonds. The first-order valence-corrected chi connectivity index (χ1v) is 10.3. The molecule has 1 heterocycles. The average molecular weight is 377 g/mol. The summed E-state index contributed by atoms with van der Waals surface area (Å²) in [7, 11) is -3.58. The van der Waals surface area contributed by atoms with Crippen LogP contribution in [0.25, 0.3) is 0 Å². The van der Waals surface area contributed by atoms with Gasteiger partial charge in [0.05, 0.1) is 4.90 Å². The number of rotatable bonds is 5. The second-order valence-corrected chi connectivity index (χ2v) is 8.55. The molecule has 2 N–H and O–H groups in total. The van der Waals surface area contributed by atoms with Gasteiger partial charge < -0.3 is 0 Å². The van der Waals surface area contributed by atoms with Crippen LogP contribution in [0.5, 0.6) is 0 Å². The Balaban J connectivity index is 1.61. The second kappa shape index (κ2) is 8.01. The molecular formula is C18H23N3O4S. The molecule has 140 valence electrons. The summed E-state index contributed by atoms with van der Waals surface area (Å²) >= 11 is 0. The summed E-state index contributed by atoms with van der Waals surface area (Å²) in [6.07, 6.45) is 7.99. The lowest BCUT2D eigenvalue weighted by Gasteiger charge is -2.16. The summed E-state index contributed by atoms with van der Waals surface area (Å²) in [5.74, 6) is -0.602. The number of sulfonamides is 1. The van der Waals surface area contributed by atoms with E-state index in [4.69, 9.17) is 0 Å². The van der Waals surface area contributed by atoms with Crippen molar-refractivity contribution in [2.24, 2.45) is 5.92 Å². The van der Waals surface area contributed by atoms with Gasteiger partial charge in [-0.05, 0) is 49.8 Å².